The smallest absolute Gasteiger partial charge is 0.421 e. The van der Waals surface area contributed by atoms with E-state index in [-0.39, 0.29) is 24.2 Å². The lowest BCUT2D eigenvalue weighted by atomic mass is 10.0. The van der Waals surface area contributed by atoms with Gasteiger partial charge >= 0.3 is 6.09 Å². The van der Waals surface area contributed by atoms with Crippen molar-refractivity contribution in [3.63, 3.8) is 0 Å². The number of terminal acetylenes is 1. The minimum atomic E-state index is -0.552. The van der Waals surface area contributed by atoms with E-state index in [9.17, 15) is 14.4 Å². The molecule has 2 aromatic carbocycles. The Labute approximate surface area is 434 Å². The zero-order valence-electron chi connectivity index (χ0n) is 44.4. The van der Waals surface area contributed by atoms with Crippen molar-refractivity contribution in [2.75, 3.05) is 24.6 Å². The maximum atomic E-state index is 12.5. The largest absolute Gasteiger partial charge is 0.443 e. The Morgan fingerprint density at radius 2 is 1.37 bits per heavy atom. The van der Waals surface area contributed by atoms with E-state index < -0.39 is 11.7 Å². The number of ketones is 1. The Hall–Kier alpha value is -6.92. The fraction of sp³-hybridized carbons (Fsp3) is 0.554. The second-order valence-corrected chi connectivity index (χ2v) is 19.3. The molecule has 0 saturated carbocycles. The van der Waals surface area contributed by atoms with Crippen LogP contribution in [0, 0.1) is 12.3 Å². The number of carbonyl (C=O) groups is 3. The van der Waals surface area contributed by atoms with Crippen molar-refractivity contribution >= 4 is 29.7 Å². The number of carbonyl (C=O) groups excluding carboxylic acids is 3. The van der Waals surface area contributed by atoms with Gasteiger partial charge in [0.15, 0.2) is 11.7 Å². The molecule has 6 N–H and O–H groups in total. The molecule has 0 saturated heterocycles. The Kier molecular flexibility index (Phi) is 29.2. The maximum Gasteiger partial charge on any atom is 0.421 e. The summed E-state index contributed by atoms with van der Waals surface area (Å²) in [7, 11) is 0. The highest BCUT2D eigenvalue weighted by Crippen LogP contribution is 2.16. The Bertz CT molecular complexity index is 2420. The lowest BCUT2D eigenvalue weighted by Gasteiger charge is -2.19. The molecule has 5 aromatic rings. The standard InChI is InChI=1S/C26H38N6O.C15H22N4O.C15H23N3O2/c1-2-3-4-6-10-21-14-16-22(17-15-21)25(33)13-9-18-32-20-24(30-31-32)12-8-5-7-11-23-19-28-26(27)29-23;1-2-3-4-5-6-13-7-9-14(10-8-13)15(20)17-11-12-18-19-16;1-5-6-7-8-9-10-12-11-18(13(16)17-12)14(19)20-15(2,3)4/h14-17,19-20H,2-13,18H2,1H3,(H3,27,28,29);7-10H,2-6,11-12H2,1H3,(H,17,20);1,11H,6-10H2,2-4H3,(H2,16,17). The number of hydrogen-bond acceptors (Lipinski definition) is 11. The number of unbranched alkanes of at least 4 members (excludes halogenated alkanes) is 11. The molecule has 73 heavy (non-hydrogen) atoms. The normalized spacial score (nSPS) is 10.8. The van der Waals surface area contributed by atoms with Crippen molar-refractivity contribution in [2.45, 2.75) is 188 Å². The van der Waals surface area contributed by atoms with Crippen LogP contribution in [0.25, 0.3) is 10.4 Å². The summed E-state index contributed by atoms with van der Waals surface area (Å²) in [4.78, 5) is 50.1. The second kappa shape index (κ2) is 35.2. The summed E-state index contributed by atoms with van der Waals surface area (Å²) in [6.07, 6.45) is 33.5. The summed E-state index contributed by atoms with van der Waals surface area (Å²) < 4.78 is 8.37. The van der Waals surface area contributed by atoms with Gasteiger partial charge in [-0.25, -0.2) is 19.3 Å². The number of hydrogen-bond donors (Lipinski definition) is 4. The SMILES string of the molecule is C#CCCCCCc1cn(C(=O)OC(C)(C)C)c(N)n1.CCCCCCc1ccc(C(=O)CCCn2cc(CCCCCc3cnc(N)[nH]3)nn2)cc1.CCCCCCc1ccc(C(=O)NCCN=[N+]=[N-])cc1. The molecule has 0 aliphatic carbocycles. The van der Waals surface area contributed by atoms with E-state index in [0.29, 0.717) is 24.5 Å². The molecule has 0 aliphatic rings. The van der Waals surface area contributed by atoms with Gasteiger partial charge in [-0.15, -0.1) is 17.4 Å². The van der Waals surface area contributed by atoms with Gasteiger partial charge in [0, 0.05) is 66.6 Å². The van der Waals surface area contributed by atoms with Crippen molar-refractivity contribution in [3.05, 3.63) is 117 Å². The Morgan fingerprint density at radius 1 is 0.781 bits per heavy atom. The third-order valence-electron chi connectivity index (χ3n) is 11.7. The lowest BCUT2D eigenvalue weighted by Crippen LogP contribution is -2.27. The summed E-state index contributed by atoms with van der Waals surface area (Å²) in [6, 6.07) is 15.9. The molecule has 5 rings (SSSR count). The predicted octanol–water partition coefficient (Wildman–Crippen LogP) is 12.2. The number of amides is 1. The summed E-state index contributed by atoms with van der Waals surface area (Å²) >= 11 is 0. The number of benzene rings is 2. The van der Waals surface area contributed by atoms with Gasteiger partial charge < -0.3 is 26.5 Å². The molecule has 0 fully saturated rings. The summed E-state index contributed by atoms with van der Waals surface area (Å²) in [5.74, 6) is 3.33. The highest BCUT2D eigenvalue weighted by molar-refractivity contribution is 5.96. The van der Waals surface area contributed by atoms with E-state index in [1.54, 1.807) is 12.4 Å². The molecule has 17 heteroatoms. The third-order valence-corrected chi connectivity index (χ3v) is 11.7. The van der Waals surface area contributed by atoms with E-state index in [0.717, 1.165) is 113 Å². The number of azide groups is 1. The summed E-state index contributed by atoms with van der Waals surface area (Å²) in [5.41, 5.74) is 25.9. The Morgan fingerprint density at radius 3 is 1.96 bits per heavy atom. The number of H-pyrrole nitrogens is 1. The monoisotopic (exact) mass is 1000 g/mol. The highest BCUT2D eigenvalue weighted by atomic mass is 16.6. The predicted molar refractivity (Wildman–Crippen MR) is 292 cm³/mol. The lowest BCUT2D eigenvalue weighted by molar-refractivity contribution is 0.0540. The Balaban J connectivity index is 0.000000306. The number of nitrogens with one attached hydrogen (secondary N) is 2. The van der Waals surface area contributed by atoms with Crippen LogP contribution in [0.3, 0.4) is 0 Å². The van der Waals surface area contributed by atoms with Gasteiger partial charge in [0.25, 0.3) is 5.91 Å². The minimum Gasteiger partial charge on any atom is -0.443 e. The van der Waals surface area contributed by atoms with Crippen LogP contribution in [0.15, 0.2) is 72.2 Å². The number of anilines is 2. The molecule has 0 spiro atoms. The van der Waals surface area contributed by atoms with Crippen LogP contribution >= 0.6 is 0 Å². The van der Waals surface area contributed by atoms with Gasteiger partial charge in [0.2, 0.25) is 5.95 Å². The van der Waals surface area contributed by atoms with Gasteiger partial charge in [0.05, 0.1) is 17.6 Å². The zero-order valence-corrected chi connectivity index (χ0v) is 44.4. The van der Waals surface area contributed by atoms with E-state index >= 15 is 0 Å². The first-order valence-corrected chi connectivity index (χ1v) is 26.4. The average molecular weight is 1000 g/mol. The summed E-state index contributed by atoms with van der Waals surface area (Å²) in [6.45, 7) is 11.2. The van der Waals surface area contributed by atoms with Crippen LogP contribution < -0.4 is 16.8 Å². The van der Waals surface area contributed by atoms with E-state index in [1.165, 1.54) is 67.1 Å². The molecule has 1 amide bonds. The first-order valence-electron chi connectivity index (χ1n) is 26.4. The fourth-order valence-corrected chi connectivity index (χ4v) is 7.70. The highest BCUT2D eigenvalue weighted by Gasteiger charge is 2.20. The van der Waals surface area contributed by atoms with Gasteiger partial charge in [-0.2, -0.15) is 0 Å². The zero-order chi connectivity index (χ0) is 53.1. The van der Waals surface area contributed by atoms with E-state index in [2.05, 4.69) is 72.5 Å². The van der Waals surface area contributed by atoms with Crippen LogP contribution in [0.5, 0.6) is 0 Å². The van der Waals surface area contributed by atoms with Crippen molar-refractivity contribution in [1.29, 1.82) is 0 Å². The molecule has 17 nitrogen and oxygen atoms in total. The van der Waals surface area contributed by atoms with E-state index in [1.807, 2.05) is 68.0 Å². The molecular formula is C56H83N13O4. The molecule has 3 aromatic heterocycles. The number of nitrogens with zero attached hydrogens (tertiary/aromatic N) is 9. The van der Waals surface area contributed by atoms with Crippen LogP contribution in [0.2, 0.25) is 0 Å². The number of nitrogen functional groups attached to an aromatic ring is 2. The number of imidazole rings is 2. The van der Waals surface area contributed by atoms with Crippen LogP contribution in [0.4, 0.5) is 16.7 Å². The molecular weight excluding hydrogens is 919 g/mol. The van der Waals surface area contributed by atoms with Crippen molar-refractivity contribution in [1.82, 2.24) is 39.8 Å². The van der Waals surface area contributed by atoms with Gasteiger partial charge in [-0.1, -0.05) is 112 Å². The first kappa shape index (κ1) is 60.4. The van der Waals surface area contributed by atoms with Gasteiger partial charge in [0.1, 0.15) is 5.60 Å². The van der Waals surface area contributed by atoms with Crippen molar-refractivity contribution < 1.29 is 19.1 Å². The van der Waals surface area contributed by atoms with Crippen LogP contribution in [0.1, 0.15) is 193 Å². The van der Waals surface area contributed by atoms with Crippen molar-refractivity contribution in [3.8, 4) is 12.3 Å². The minimum absolute atomic E-state index is 0.129. The van der Waals surface area contributed by atoms with Gasteiger partial charge in [-0.05, 0) is 127 Å². The van der Waals surface area contributed by atoms with Crippen LogP contribution in [-0.4, -0.2) is 71.0 Å². The number of ether oxygens (including phenoxy) is 1. The second-order valence-electron chi connectivity index (χ2n) is 19.3. The summed E-state index contributed by atoms with van der Waals surface area (Å²) in [5, 5.41) is 14.6. The molecule has 396 valence electrons. The molecule has 0 bridgehead atoms. The topological polar surface area (TPSA) is 250 Å². The molecule has 0 aliphatic heterocycles. The van der Waals surface area contributed by atoms with E-state index in [4.69, 9.17) is 28.2 Å². The maximum absolute atomic E-state index is 12.5. The first-order chi connectivity index (χ1) is 35.2. The number of Topliss-reactive ketones (excluding diaryl/α,β-unsaturated/α-hetero) is 1. The van der Waals surface area contributed by atoms with Gasteiger partial charge in [-0.3, -0.25) is 14.3 Å². The number of aromatic amines is 1. The molecule has 3 heterocycles. The van der Waals surface area contributed by atoms with Crippen molar-refractivity contribution in [2.24, 2.45) is 5.11 Å². The fourth-order valence-electron chi connectivity index (χ4n) is 7.70. The number of nitrogens with two attached hydrogens (primary N) is 2. The average Bonchev–Trinajstić information content (AvgIpc) is 4.12. The molecule has 0 radical (unpaired) electrons. The van der Waals surface area contributed by atoms with Crippen LogP contribution in [-0.2, 0) is 43.4 Å². The number of rotatable bonds is 30. The number of aryl methyl sites for hydroxylation is 6. The quantitative estimate of drug-likeness (QED) is 0.00845. The number of aromatic nitrogens is 7. The molecule has 0 atom stereocenters. The third kappa shape index (κ3) is 26.4. The molecule has 0 unspecified atom stereocenters.